The van der Waals surface area contributed by atoms with Gasteiger partial charge in [0.15, 0.2) is 5.96 Å². The summed E-state index contributed by atoms with van der Waals surface area (Å²) in [4.78, 5) is 22.3. The highest BCUT2D eigenvalue weighted by atomic mass is 16.2. The van der Waals surface area contributed by atoms with Gasteiger partial charge in [-0.25, -0.2) is 4.99 Å². The van der Waals surface area contributed by atoms with Gasteiger partial charge in [-0.05, 0) is 55.2 Å². The van der Waals surface area contributed by atoms with Gasteiger partial charge in [0.2, 0.25) is 0 Å². The number of pyridine rings is 1. The van der Waals surface area contributed by atoms with Crippen LogP contribution in [-0.4, -0.2) is 48.9 Å². The van der Waals surface area contributed by atoms with Crippen LogP contribution in [0.15, 0.2) is 47.7 Å². The maximum atomic E-state index is 11.9. The summed E-state index contributed by atoms with van der Waals surface area (Å²) in [5, 5.41) is 6.63. The molecule has 6 nitrogen and oxygen atoms in total. The predicted molar refractivity (Wildman–Crippen MR) is 110 cm³/mol. The largest absolute Gasteiger partial charge is 0.357 e. The molecule has 0 aliphatic rings. The number of hydrogen-bond acceptors (Lipinski definition) is 3. The number of nitrogens with one attached hydrogen (secondary N) is 2. The quantitative estimate of drug-likeness (QED) is 0.582. The summed E-state index contributed by atoms with van der Waals surface area (Å²) < 4.78 is 0. The summed E-state index contributed by atoms with van der Waals surface area (Å²) in [5.74, 6) is 0.795. The van der Waals surface area contributed by atoms with E-state index in [1.54, 1.807) is 19.0 Å². The first kappa shape index (κ1) is 20.4. The average Bonchev–Trinajstić information content (AvgIpc) is 2.67. The fourth-order valence-corrected chi connectivity index (χ4v) is 2.62. The molecule has 0 fully saturated rings. The van der Waals surface area contributed by atoms with Gasteiger partial charge in [-0.1, -0.05) is 12.1 Å². The summed E-state index contributed by atoms with van der Waals surface area (Å²) in [6, 6.07) is 9.64. The van der Waals surface area contributed by atoms with Gasteiger partial charge in [0.05, 0.1) is 6.54 Å². The summed E-state index contributed by atoms with van der Waals surface area (Å²) >= 11 is 0. The number of carbonyl (C=O) groups is 1. The lowest BCUT2D eigenvalue weighted by molar-refractivity contribution is 0.0827. The molecule has 0 bridgehead atoms. The van der Waals surface area contributed by atoms with Crippen LogP contribution in [0, 0.1) is 6.92 Å². The summed E-state index contributed by atoms with van der Waals surface area (Å²) in [6.45, 7) is 6.28. The third-order valence-electron chi connectivity index (χ3n) is 4.19. The molecule has 1 aromatic heterocycles. The standard InChI is InChI=1S/C21H29N5O/c1-5-23-21(24-13-11-18-10-12-22-14-16(18)2)25-15-17-6-8-19(9-7-17)20(27)26(3)4/h6-10,12,14H,5,11,13,15H2,1-4H3,(H2,23,24,25). The van der Waals surface area contributed by atoms with Crippen molar-refractivity contribution < 1.29 is 4.79 Å². The van der Waals surface area contributed by atoms with Crippen molar-refractivity contribution >= 4 is 11.9 Å². The highest BCUT2D eigenvalue weighted by molar-refractivity contribution is 5.93. The van der Waals surface area contributed by atoms with E-state index in [9.17, 15) is 4.79 Å². The van der Waals surface area contributed by atoms with E-state index in [2.05, 4.69) is 33.6 Å². The van der Waals surface area contributed by atoms with Crippen molar-refractivity contribution in [2.24, 2.45) is 4.99 Å². The van der Waals surface area contributed by atoms with E-state index in [-0.39, 0.29) is 5.91 Å². The first-order valence-electron chi connectivity index (χ1n) is 9.23. The molecule has 0 atom stereocenters. The Labute approximate surface area is 161 Å². The Hall–Kier alpha value is -2.89. The Balaban J connectivity index is 1.92. The summed E-state index contributed by atoms with van der Waals surface area (Å²) in [6.07, 6.45) is 4.63. The van der Waals surface area contributed by atoms with Crippen molar-refractivity contribution in [3.63, 3.8) is 0 Å². The van der Waals surface area contributed by atoms with Crippen molar-refractivity contribution in [3.8, 4) is 0 Å². The molecule has 6 heteroatoms. The summed E-state index contributed by atoms with van der Waals surface area (Å²) in [7, 11) is 3.50. The van der Waals surface area contributed by atoms with Crippen LogP contribution < -0.4 is 10.6 Å². The minimum absolute atomic E-state index is 0.00598. The van der Waals surface area contributed by atoms with Crippen LogP contribution in [-0.2, 0) is 13.0 Å². The minimum Gasteiger partial charge on any atom is -0.357 e. The smallest absolute Gasteiger partial charge is 0.253 e. The first-order chi connectivity index (χ1) is 13.0. The van der Waals surface area contributed by atoms with E-state index in [4.69, 9.17) is 0 Å². The molecule has 0 radical (unpaired) electrons. The number of guanidine groups is 1. The fourth-order valence-electron chi connectivity index (χ4n) is 2.62. The molecule has 1 amide bonds. The van der Waals surface area contributed by atoms with E-state index >= 15 is 0 Å². The average molecular weight is 367 g/mol. The molecule has 2 aromatic rings. The molecule has 0 aliphatic heterocycles. The van der Waals surface area contributed by atoms with Crippen LogP contribution >= 0.6 is 0 Å². The second kappa shape index (κ2) is 10.3. The lowest BCUT2D eigenvalue weighted by Gasteiger charge is -2.12. The molecule has 0 saturated heterocycles. The number of rotatable bonds is 7. The molecule has 0 aliphatic carbocycles. The molecule has 2 rings (SSSR count). The topological polar surface area (TPSA) is 69.6 Å². The normalized spacial score (nSPS) is 11.2. The highest BCUT2D eigenvalue weighted by Gasteiger charge is 2.07. The Morgan fingerprint density at radius 3 is 2.52 bits per heavy atom. The molecular formula is C21H29N5O. The minimum atomic E-state index is 0.00598. The third kappa shape index (κ3) is 6.40. The lowest BCUT2D eigenvalue weighted by Crippen LogP contribution is -2.38. The van der Waals surface area contributed by atoms with Gasteiger partial charge in [-0.3, -0.25) is 9.78 Å². The molecule has 27 heavy (non-hydrogen) atoms. The van der Waals surface area contributed by atoms with Crippen molar-refractivity contribution in [1.82, 2.24) is 20.5 Å². The van der Waals surface area contributed by atoms with Crippen LogP contribution in [0.5, 0.6) is 0 Å². The molecule has 0 unspecified atom stereocenters. The Kier molecular flexibility index (Phi) is 7.79. The van der Waals surface area contributed by atoms with Gasteiger partial charge in [0.1, 0.15) is 0 Å². The van der Waals surface area contributed by atoms with Crippen LogP contribution in [0.25, 0.3) is 0 Å². The first-order valence-corrected chi connectivity index (χ1v) is 9.23. The zero-order chi connectivity index (χ0) is 19.6. The van der Waals surface area contributed by atoms with E-state index in [0.29, 0.717) is 12.1 Å². The van der Waals surface area contributed by atoms with Crippen LogP contribution in [0.4, 0.5) is 0 Å². The second-order valence-electron chi connectivity index (χ2n) is 6.57. The van der Waals surface area contributed by atoms with E-state index < -0.39 is 0 Å². The molecule has 1 aromatic carbocycles. The number of nitrogens with zero attached hydrogens (tertiary/aromatic N) is 3. The maximum absolute atomic E-state index is 11.9. The molecule has 0 spiro atoms. The zero-order valence-electron chi connectivity index (χ0n) is 16.6. The van der Waals surface area contributed by atoms with Crippen molar-refractivity contribution in [2.45, 2.75) is 26.8 Å². The van der Waals surface area contributed by atoms with Gasteiger partial charge < -0.3 is 15.5 Å². The number of amides is 1. The Morgan fingerprint density at radius 1 is 1.15 bits per heavy atom. The van der Waals surface area contributed by atoms with Crippen molar-refractivity contribution in [3.05, 3.63) is 65.0 Å². The van der Waals surface area contributed by atoms with Crippen LogP contribution in [0.1, 0.15) is 34.0 Å². The van der Waals surface area contributed by atoms with Crippen LogP contribution in [0.3, 0.4) is 0 Å². The number of benzene rings is 1. The predicted octanol–water partition coefficient (Wildman–Crippen LogP) is 2.39. The van der Waals surface area contributed by atoms with E-state index in [1.807, 2.05) is 43.6 Å². The monoisotopic (exact) mass is 367 g/mol. The molecule has 144 valence electrons. The lowest BCUT2D eigenvalue weighted by atomic mass is 10.1. The molecule has 1 heterocycles. The Morgan fingerprint density at radius 2 is 1.89 bits per heavy atom. The maximum Gasteiger partial charge on any atom is 0.253 e. The number of carbonyl (C=O) groups excluding carboxylic acids is 1. The molecule has 0 saturated carbocycles. The Bertz CT molecular complexity index is 768. The molecular weight excluding hydrogens is 338 g/mol. The van der Waals surface area contributed by atoms with Gasteiger partial charge in [0.25, 0.3) is 5.91 Å². The van der Waals surface area contributed by atoms with Gasteiger partial charge in [-0.2, -0.15) is 0 Å². The summed E-state index contributed by atoms with van der Waals surface area (Å²) in [5.41, 5.74) is 4.24. The van der Waals surface area contributed by atoms with Gasteiger partial charge >= 0.3 is 0 Å². The number of hydrogen-bond donors (Lipinski definition) is 2. The third-order valence-corrected chi connectivity index (χ3v) is 4.19. The number of aliphatic imine (C=N–C) groups is 1. The number of aryl methyl sites for hydroxylation is 1. The zero-order valence-corrected chi connectivity index (χ0v) is 16.6. The molecule has 2 N–H and O–H groups in total. The highest BCUT2D eigenvalue weighted by Crippen LogP contribution is 2.08. The van der Waals surface area contributed by atoms with Crippen LogP contribution in [0.2, 0.25) is 0 Å². The number of aromatic nitrogens is 1. The van der Waals surface area contributed by atoms with Gasteiger partial charge in [-0.15, -0.1) is 0 Å². The second-order valence-corrected chi connectivity index (χ2v) is 6.57. The SMILES string of the molecule is CCNC(=NCc1ccc(C(=O)N(C)C)cc1)NCCc1ccncc1C. The van der Waals surface area contributed by atoms with E-state index in [0.717, 1.165) is 31.0 Å². The van der Waals surface area contributed by atoms with Crippen molar-refractivity contribution in [1.29, 1.82) is 0 Å². The fraction of sp³-hybridized carbons (Fsp3) is 0.381. The van der Waals surface area contributed by atoms with E-state index in [1.165, 1.54) is 11.1 Å². The van der Waals surface area contributed by atoms with Crippen molar-refractivity contribution in [2.75, 3.05) is 27.2 Å². The van der Waals surface area contributed by atoms with Gasteiger partial charge in [0, 0.05) is 45.1 Å².